The Morgan fingerprint density at radius 1 is 1.48 bits per heavy atom. The number of nitrogens with two attached hydrogens (primary N) is 1. The van der Waals surface area contributed by atoms with Crippen LogP contribution in [0.1, 0.15) is 33.6 Å². The van der Waals surface area contributed by atoms with E-state index in [2.05, 4.69) is 5.32 Å². The van der Waals surface area contributed by atoms with Crippen molar-refractivity contribution in [1.82, 2.24) is 5.32 Å². The molecule has 1 saturated heterocycles. The van der Waals surface area contributed by atoms with Gasteiger partial charge >= 0.3 is 0 Å². The number of hydrogen-bond acceptors (Lipinski definition) is 5. The Labute approximate surface area is 126 Å². The van der Waals surface area contributed by atoms with Gasteiger partial charge in [-0.3, -0.25) is 4.79 Å². The van der Waals surface area contributed by atoms with Crippen molar-refractivity contribution in [1.29, 1.82) is 0 Å². The van der Waals surface area contributed by atoms with Crippen molar-refractivity contribution in [2.24, 2.45) is 17.1 Å². The van der Waals surface area contributed by atoms with Gasteiger partial charge in [-0.2, -0.15) is 0 Å². The van der Waals surface area contributed by atoms with Gasteiger partial charge in [0.2, 0.25) is 5.91 Å². The second-order valence-electron chi connectivity index (χ2n) is 7.10. The smallest absolute Gasteiger partial charge is 0.241 e. The van der Waals surface area contributed by atoms with E-state index < -0.39 is 26.8 Å². The average molecular weight is 318 g/mol. The highest BCUT2D eigenvalue weighted by Crippen LogP contribution is 2.57. The lowest BCUT2D eigenvalue weighted by Crippen LogP contribution is -2.82. The van der Waals surface area contributed by atoms with Crippen LogP contribution in [0.3, 0.4) is 0 Å². The van der Waals surface area contributed by atoms with E-state index in [4.69, 9.17) is 10.5 Å². The van der Waals surface area contributed by atoms with Gasteiger partial charge < -0.3 is 15.8 Å². The van der Waals surface area contributed by atoms with Crippen LogP contribution in [-0.4, -0.2) is 50.6 Å². The first-order valence-electron chi connectivity index (χ1n) is 7.39. The SMILES string of the molecule is CC(CS(C)(=O)=O)NC(=O)C1(N)C2CCCOC2C1(C)C. The maximum Gasteiger partial charge on any atom is 0.241 e. The summed E-state index contributed by atoms with van der Waals surface area (Å²) in [5, 5.41) is 2.77. The summed E-state index contributed by atoms with van der Waals surface area (Å²) in [5.41, 5.74) is 5.00. The fraction of sp³-hybridized carbons (Fsp3) is 0.929. The number of carbonyl (C=O) groups excluding carboxylic acids is 1. The van der Waals surface area contributed by atoms with Crippen LogP contribution in [0, 0.1) is 11.3 Å². The number of hydrogen-bond donors (Lipinski definition) is 2. The molecule has 7 heteroatoms. The van der Waals surface area contributed by atoms with Gasteiger partial charge in [-0.15, -0.1) is 0 Å². The molecule has 2 rings (SSSR count). The molecular formula is C14H26N2O4S. The molecule has 0 radical (unpaired) electrons. The zero-order valence-corrected chi connectivity index (χ0v) is 14.0. The molecule has 1 aliphatic heterocycles. The summed E-state index contributed by atoms with van der Waals surface area (Å²) in [5.74, 6) is -0.345. The summed E-state index contributed by atoms with van der Waals surface area (Å²) in [6, 6.07) is -0.452. The molecule has 0 aromatic carbocycles. The number of rotatable bonds is 4. The third kappa shape index (κ3) is 2.71. The van der Waals surface area contributed by atoms with Crippen LogP contribution in [0.2, 0.25) is 0 Å². The van der Waals surface area contributed by atoms with Crippen LogP contribution >= 0.6 is 0 Å². The largest absolute Gasteiger partial charge is 0.377 e. The van der Waals surface area contributed by atoms with Crippen molar-refractivity contribution in [2.45, 2.75) is 51.3 Å². The lowest BCUT2D eigenvalue weighted by molar-refractivity contribution is -0.225. The van der Waals surface area contributed by atoms with Crippen molar-refractivity contribution >= 4 is 15.7 Å². The van der Waals surface area contributed by atoms with Crippen LogP contribution in [0.5, 0.6) is 0 Å². The third-order valence-corrected chi connectivity index (χ3v) is 6.10. The van der Waals surface area contributed by atoms with Gasteiger partial charge in [-0.1, -0.05) is 13.8 Å². The van der Waals surface area contributed by atoms with Crippen LogP contribution in [0.4, 0.5) is 0 Å². The summed E-state index contributed by atoms with van der Waals surface area (Å²) >= 11 is 0. The third-order valence-electron chi connectivity index (χ3n) is 4.99. The molecule has 21 heavy (non-hydrogen) atoms. The maximum atomic E-state index is 12.6. The van der Waals surface area contributed by atoms with E-state index in [1.54, 1.807) is 6.92 Å². The van der Waals surface area contributed by atoms with E-state index in [-0.39, 0.29) is 23.7 Å². The summed E-state index contributed by atoms with van der Waals surface area (Å²) < 4.78 is 28.4. The quantitative estimate of drug-likeness (QED) is 0.764. The number of carbonyl (C=O) groups is 1. The van der Waals surface area contributed by atoms with Gasteiger partial charge in [0, 0.05) is 30.2 Å². The molecule has 1 saturated carbocycles. The van der Waals surface area contributed by atoms with Crippen LogP contribution in [-0.2, 0) is 19.4 Å². The number of ether oxygens (including phenoxy) is 1. The Morgan fingerprint density at radius 2 is 2.10 bits per heavy atom. The summed E-state index contributed by atoms with van der Waals surface area (Å²) in [6.07, 6.45) is 2.94. The highest BCUT2D eigenvalue weighted by atomic mass is 32.2. The van der Waals surface area contributed by atoms with E-state index in [9.17, 15) is 13.2 Å². The lowest BCUT2D eigenvalue weighted by atomic mass is 9.46. The van der Waals surface area contributed by atoms with Crippen molar-refractivity contribution in [3.05, 3.63) is 0 Å². The predicted molar refractivity (Wildman–Crippen MR) is 80.5 cm³/mol. The fourth-order valence-corrected chi connectivity index (χ4v) is 4.87. The Morgan fingerprint density at radius 3 is 2.67 bits per heavy atom. The van der Waals surface area contributed by atoms with Gasteiger partial charge in [-0.25, -0.2) is 8.42 Å². The number of amides is 1. The molecule has 2 fully saturated rings. The average Bonchev–Trinajstić information content (AvgIpc) is 2.35. The molecule has 4 unspecified atom stereocenters. The van der Waals surface area contributed by atoms with E-state index in [0.717, 1.165) is 19.1 Å². The summed E-state index contributed by atoms with van der Waals surface area (Å²) in [4.78, 5) is 12.6. The molecule has 3 N–H and O–H groups in total. The van der Waals surface area contributed by atoms with Crippen molar-refractivity contribution < 1.29 is 17.9 Å². The minimum atomic E-state index is -3.14. The van der Waals surface area contributed by atoms with E-state index >= 15 is 0 Å². The molecule has 1 heterocycles. The Kier molecular flexibility index (Phi) is 4.14. The lowest BCUT2D eigenvalue weighted by Gasteiger charge is -2.65. The zero-order valence-electron chi connectivity index (χ0n) is 13.2. The second-order valence-corrected chi connectivity index (χ2v) is 9.28. The molecule has 1 aliphatic carbocycles. The molecule has 0 spiro atoms. The molecular weight excluding hydrogens is 292 g/mol. The number of nitrogens with one attached hydrogen (secondary N) is 1. The number of sulfone groups is 1. The zero-order chi connectivity index (χ0) is 16.1. The Balaban J connectivity index is 2.10. The standard InChI is InChI=1S/C14H26N2O4S/c1-9(8-21(4,18)19)16-12(17)14(15)10-6-5-7-20-11(10)13(14,2)3/h9-11H,5-8,15H2,1-4H3,(H,16,17). The first-order chi connectivity index (χ1) is 9.50. The predicted octanol–water partition coefficient (Wildman–Crippen LogP) is 0.0682. The highest BCUT2D eigenvalue weighted by Gasteiger charge is 2.70. The molecule has 1 amide bonds. The number of fused-ring (bicyclic) bond motifs is 1. The van der Waals surface area contributed by atoms with Gasteiger partial charge in [0.25, 0.3) is 0 Å². The molecule has 6 nitrogen and oxygen atoms in total. The topological polar surface area (TPSA) is 98.5 Å². The Bertz CT molecular complexity index is 531. The molecule has 0 bridgehead atoms. The van der Waals surface area contributed by atoms with Gasteiger partial charge in [0.05, 0.1) is 11.9 Å². The monoisotopic (exact) mass is 318 g/mol. The molecule has 0 aromatic heterocycles. The van der Waals surface area contributed by atoms with Crippen molar-refractivity contribution in [2.75, 3.05) is 18.6 Å². The molecule has 2 aliphatic rings. The van der Waals surface area contributed by atoms with Crippen molar-refractivity contribution in [3.8, 4) is 0 Å². The van der Waals surface area contributed by atoms with Crippen molar-refractivity contribution in [3.63, 3.8) is 0 Å². The van der Waals surface area contributed by atoms with Gasteiger partial charge in [0.15, 0.2) is 0 Å². The van der Waals surface area contributed by atoms with Gasteiger partial charge in [0.1, 0.15) is 15.4 Å². The van der Waals surface area contributed by atoms with E-state index in [1.165, 1.54) is 0 Å². The molecule has 0 aromatic rings. The highest BCUT2D eigenvalue weighted by molar-refractivity contribution is 7.90. The fourth-order valence-electron chi connectivity index (χ4n) is 3.88. The Hall–Kier alpha value is -0.660. The second kappa shape index (κ2) is 5.21. The first kappa shape index (κ1) is 16.7. The minimum Gasteiger partial charge on any atom is -0.377 e. The van der Waals surface area contributed by atoms with Crippen LogP contribution in [0.25, 0.3) is 0 Å². The minimum absolute atomic E-state index is 0.00619. The van der Waals surface area contributed by atoms with E-state index in [1.807, 2.05) is 13.8 Å². The normalized spacial score (nSPS) is 36.2. The first-order valence-corrected chi connectivity index (χ1v) is 9.45. The summed E-state index contributed by atoms with van der Waals surface area (Å²) in [6.45, 7) is 6.29. The van der Waals surface area contributed by atoms with Crippen LogP contribution < -0.4 is 11.1 Å². The van der Waals surface area contributed by atoms with E-state index in [0.29, 0.717) is 6.61 Å². The van der Waals surface area contributed by atoms with Gasteiger partial charge in [-0.05, 0) is 19.8 Å². The maximum absolute atomic E-state index is 12.6. The summed E-state index contributed by atoms with van der Waals surface area (Å²) in [7, 11) is -3.14. The van der Waals surface area contributed by atoms with Crippen LogP contribution in [0.15, 0.2) is 0 Å². The molecule has 122 valence electrons. The molecule has 4 atom stereocenters.